The highest BCUT2D eigenvalue weighted by atomic mass is 32.1. The van der Waals surface area contributed by atoms with E-state index >= 15 is 0 Å². The maximum atomic E-state index is 13.7. The predicted molar refractivity (Wildman–Crippen MR) is 258 cm³/mol. The molecule has 0 aliphatic carbocycles. The number of carbonyl (C=O) groups is 9. The zero-order valence-electron chi connectivity index (χ0n) is 38.1. The van der Waals surface area contributed by atoms with E-state index in [4.69, 9.17) is 50.0 Å². The zero-order valence-corrected chi connectivity index (χ0v) is 39.9. The molecule has 0 radical (unpaired) electrons. The number of aliphatic hydroxyl groups is 1. The Morgan fingerprint density at radius 3 is 1.17 bits per heavy atom. The number of carbonyl (C=O) groups excluding carboxylic acids is 8. The minimum Gasteiger partial charge on any atom is -0.480 e. The number of nitrogens with one attached hydrogen (secondary N) is 14. The quantitative estimate of drug-likeness (QED) is 0.0120. The number of hydrogen-bond donors (Lipinski definition) is 23. The first-order valence-corrected chi connectivity index (χ1v) is 23.0. The molecule has 0 fully saturated rings. The summed E-state index contributed by atoms with van der Waals surface area (Å²) in [6.45, 7) is -1.55. The number of unbranched alkanes of at least 4 members (excludes halogenated alkanes) is 1. The fraction of sp³-hybridized carbons (Fsp3) is 0.676. The molecule has 30 nitrogen and oxygen atoms in total. The molecule has 7 atom stereocenters. The lowest BCUT2D eigenvalue weighted by molar-refractivity contribution is -0.143. The van der Waals surface area contributed by atoms with Gasteiger partial charge < -0.3 is 97.4 Å². The van der Waals surface area contributed by atoms with E-state index in [0.717, 1.165) is 0 Å². The van der Waals surface area contributed by atoms with Gasteiger partial charge in [0.25, 0.3) is 0 Å². The van der Waals surface area contributed by atoms with Crippen molar-refractivity contribution in [2.45, 2.75) is 100 Å². The van der Waals surface area contributed by atoms with Crippen LogP contribution in [0, 0.1) is 16.2 Å². The van der Waals surface area contributed by atoms with E-state index in [1.807, 2.05) is 5.32 Å². The van der Waals surface area contributed by atoms with Crippen LogP contribution >= 0.6 is 25.3 Å². The predicted octanol–water partition coefficient (Wildman–Crippen LogP) is -8.69. The molecule has 8 amide bonds. The molecule has 26 N–H and O–H groups in total. The van der Waals surface area contributed by atoms with Gasteiger partial charge in [0.2, 0.25) is 47.3 Å². The van der Waals surface area contributed by atoms with Gasteiger partial charge in [0.05, 0.1) is 25.7 Å². The molecule has 0 rings (SSSR count). The minimum absolute atomic E-state index is 0.0678. The summed E-state index contributed by atoms with van der Waals surface area (Å²) in [5.41, 5.74) is 27.5. The molecule has 392 valence electrons. The normalized spacial score (nSPS) is 13.7. The molecule has 0 aliphatic heterocycles. The molecule has 69 heavy (non-hydrogen) atoms. The molecule has 0 heterocycles. The summed E-state index contributed by atoms with van der Waals surface area (Å²) in [6, 6.07) is -9.32. The van der Waals surface area contributed by atoms with Gasteiger partial charge in [-0.1, -0.05) is 6.42 Å². The summed E-state index contributed by atoms with van der Waals surface area (Å²) in [6.07, 6.45) is 1.95. The van der Waals surface area contributed by atoms with Gasteiger partial charge in [0, 0.05) is 31.1 Å². The third-order valence-corrected chi connectivity index (χ3v) is 10.2. The number of carboxylic acid groups (broad SMARTS) is 1. The van der Waals surface area contributed by atoms with Crippen molar-refractivity contribution in [2.24, 2.45) is 28.7 Å². The maximum Gasteiger partial charge on any atom is 0.328 e. The van der Waals surface area contributed by atoms with E-state index in [0.29, 0.717) is 25.8 Å². The minimum atomic E-state index is -1.65. The Balaban J connectivity index is 6.01. The molecule has 0 spiro atoms. The SMILES string of the molecule is N=C(N)NCCC[C@H](NC(=O)[C@H](CS)NC(=O)[C@H](CCCNC(=N)N)NC(=O)[C@H](CS)NC(=O)CNC(=O)[C@H](CCCNC(=N)N)NC(=O)[C@@H](N)CCCCN)C(=O)NCC(=O)N[C@@H](CO)C(=O)O. The molecule has 0 aliphatic rings. The van der Waals surface area contributed by atoms with E-state index in [9.17, 15) is 48.3 Å². The van der Waals surface area contributed by atoms with E-state index in [2.05, 4.69) is 78.4 Å². The number of amides is 8. The summed E-state index contributed by atoms with van der Waals surface area (Å²) in [5.74, 6) is -10.0. The van der Waals surface area contributed by atoms with Crippen molar-refractivity contribution in [2.75, 3.05) is 57.4 Å². The van der Waals surface area contributed by atoms with Crippen molar-refractivity contribution in [1.29, 1.82) is 16.2 Å². The first-order valence-electron chi connectivity index (χ1n) is 21.7. The Kier molecular flexibility index (Phi) is 32.4. The van der Waals surface area contributed by atoms with Crippen molar-refractivity contribution in [1.82, 2.24) is 58.5 Å². The number of carboxylic acids is 1. The van der Waals surface area contributed by atoms with E-state index in [1.165, 1.54) is 0 Å². The molecule has 0 saturated heterocycles. The number of thiol groups is 2. The second-order valence-electron chi connectivity index (χ2n) is 15.1. The molecule has 0 bridgehead atoms. The van der Waals surface area contributed by atoms with Crippen LogP contribution in [0.4, 0.5) is 0 Å². The average molecular weight is 1020 g/mol. The van der Waals surface area contributed by atoms with Gasteiger partial charge in [-0.3, -0.25) is 54.6 Å². The Bertz CT molecular complexity index is 1750. The lowest BCUT2D eigenvalue weighted by Gasteiger charge is -2.26. The molecule has 0 aromatic carbocycles. The number of nitrogens with two attached hydrogens (primary N) is 5. The molecular formula is C37H71N19O11S2. The number of rotatable bonds is 36. The van der Waals surface area contributed by atoms with Crippen LogP contribution < -0.4 is 87.2 Å². The molecule has 0 aromatic heterocycles. The topological polar surface area (TPSA) is 528 Å². The van der Waals surface area contributed by atoms with E-state index in [1.54, 1.807) is 0 Å². The summed E-state index contributed by atoms with van der Waals surface area (Å²) in [4.78, 5) is 116. The third-order valence-electron chi connectivity index (χ3n) is 9.47. The molecule has 0 saturated carbocycles. The third kappa shape index (κ3) is 28.5. The van der Waals surface area contributed by atoms with Gasteiger partial charge in [0.15, 0.2) is 17.9 Å². The van der Waals surface area contributed by atoms with Gasteiger partial charge in [-0.15, -0.1) is 0 Å². The second-order valence-corrected chi connectivity index (χ2v) is 15.9. The van der Waals surface area contributed by atoms with Crippen LogP contribution in [-0.2, 0) is 43.2 Å². The van der Waals surface area contributed by atoms with Gasteiger partial charge in [-0.2, -0.15) is 25.3 Å². The maximum absolute atomic E-state index is 13.7. The van der Waals surface area contributed by atoms with Crippen LogP contribution in [0.5, 0.6) is 0 Å². The van der Waals surface area contributed by atoms with Gasteiger partial charge in [0.1, 0.15) is 36.3 Å². The first-order chi connectivity index (χ1) is 32.6. The largest absolute Gasteiger partial charge is 0.480 e. The van der Waals surface area contributed by atoms with Crippen LogP contribution in [0.25, 0.3) is 0 Å². The first kappa shape index (κ1) is 62.6. The lowest BCUT2D eigenvalue weighted by atomic mass is 10.1. The fourth-order valence-corrected chi connectivity index (χ4v) is 6.29. The standard InChI is InChI=1S/C37H71N19O11S2/c38-10-2-1-6-19(39)28(60)53-20(7-3-11-46-35(40)41)29(61)50-15-27(59)52-24(17-68)32(64)55-22(9-5-13-48-37(44)45)31(63)56-25(18-69)33(65)54-21(8-4-12-47-36(42)43)30(62)49-14-26(58)51-23(16-57)34(66)67/h19-25,57,68-69H,1-18,38-39H2,(H,49,62)(H,50,61)(H,51,58)(H,52,59)(H,53,60)(H,54,65)(H,55,64)(H,56,63)(H,66,67)(H4,40,41,46)(H4,42,43,47)(H4,44,45,48)/t19-,20-,21-,22-,23-,24-,25-/m0/s1. The molecular weight excluding hydrogens is 951 g/mol. The summed E-state index contributed by atoms with van der Waals surface area (Å²) in [7, 11) is 0. The highest BCUT2D eigenvalue weighted by Crippen LogP contribution is 2.05. The van der Waals surface area contributed by atoms with Crippen molar-refractivity contribution < 1.29 is 53.4 Å². The second kappa shape index (κ2) is 35.7. The van der Waals surface area contributed by atoms with Crippen molar-refractivity contribution >= 4 is 96.4 Å². The Morgan fingerprint density at radius 2 is 0.812 bits per heavy atom. The van der Waals surface area contributed by atoms with Crippen LogP contribution in [0.15, 0.2) is 0 Å². The number of hydrogen-bond acceptors (Lipinski definition) is 17. The highest BCUT2D eigenvalue weighted by molar-refractivity contribution is 7.80. The average Bonchev–Trinajstić information content (AvgIpc) is 3.29. The summed E-state index contributed by atoms with van der Waals surface area (Å²) < 4.78 is 0. The Labute approximate surface area is 409 Å². The lowest BCUT2D eigenvalue weighted by Crippen LogP contribution is -2.59. The van der Waals surface area contributed by atoms with Crippen molar-refractivity contribution in [3.05, 3.63) is 0 Å². The van der Waals surface area contributed by atoms with Crippen molar-refractivity contribution in [3.63, 3.8) is 0 Å². The summed E-state index contributed by atoms with van der Waals surface area (Å²) >= 11 is 8.34. The molecule has 0 unspecified atom stereocenters. The molecule has 32 heteroatoms. The number of guanidine groups is 3. The zero-order chi connectivity index (χ0) is 52.5. The Hall–Kier alpha value is -6.38. The van der Waals surface area contributed by atoms with Gasteiger partial charge >= 0.3 is 5.97 Å². The number of aliphatic carboxylic acids is 1. The van der Waals surface area contributed by atoms with Crippen molar-refractivity contribution in [3.8, 4) is 0 Å². The smallest absolute Gasteiger partial charge is 0.328 e. The van der Waals surface area contributed by atoms with Crippen LogP contribution in [0.1, 0.15) is 57.8 Å². The van der Waals surface area contributed by atoms with Crippen LogP contribution in [-0.4, -0.2) is 181 Å². The van der Waals surface area contributed by atoms with Crippen LogP contribution in [0.2, 0.25) is 0 Å². The van der Waals surface area contributed by atoms with E-state index in [-0.39, 0.29) is 87.5 Å². The van der Waals surface area contributed by atoms with Gasteiger partial charge in [-0.25, -0.2) is 4.79 Å². The highest BCUT2D eigenvalue weighted by Gasteiger charge is 2.31. The van der Waals surface area contributed by atoms with Crippen LogP contribution in [0.3, 0.4) is 0 Å². The number of aliphatic hydroxyl groups excluding tert-OH is 1. The van der Waals surface area contributed by atoms with E-state index < -0.39 is 115 Å². The van der Waals surface area contributed by atoms with Gasteiger partial charge in [-0.05, 0) is 57.9 Å². The molecule has 0 aromatic rings. The summed E-state index contributed by atoms with van der Waals surface area (Å²) in [5, 5.41) is 67.0. The Morgan fingerprint density at radius 1 is 0.464 bits per heavy atom. The fourth-order valence-electron chi connectivity index (χ4n) is 5.78. The monoisotopic (exact) mass is 1020 g/mol.